The average Bonchev–Trinajstić information content (AvgIpc) is 2.93. The summed E-state index contributed by atoms with van der Waals surface area (Å²) in [5.41, 5.74) is 3.58. The first kappa shape index (κ1) is 20.9. The molecule has 3 aromatic rings. The number of carboxylic acids is 1. The Hall–Kier alpha value is -2.86. The van der Waals surface area contributed by atoms with Gasteiger partial charge in [0.05, 0.1) is 10.4 Å². The van der Waals surface area contributed by atoms with E-state index >= 15 is 0 Å². The molecule has 0 saturated heterocycles. The van der Waals surface area contributed by atoms with E-state index in [-0.39, 0.29) is 11.4 Å². The summed E-state index contributed by atoms with van der Waals surface area (Å²) >= 11 is 0. The largest absolute Gasteiger partial charge is 0.480 e. The molecule has 1 atom stereocenters. The molecule has 0 aliphatic rings. The van der Waals surface area contributed by atoms with Crippen LogP contribution in [0.3, 0.4) is 0 Å². The number of aryl methyl sites for hydroxylation is 2. The molecule has 0 bridgehead atoms. The Morgan fingerprint density at radius 1 is 1.21 bits per heavy atom. The third-order valence-corrected chi connectivity index (χ3v) is 7.49. The van der Waals surface area contributed by atoms with Crippen LogP contribution in [-0.2, 0) is 27.6 Å². The summed E-state index contributed by atoms with van der Waals surface area (Å²) in [4.78, 5) is 11.6. The van der Waals surface area contributed by atoms with E-state index in [9.17, 15) is 18.3 Å². The molecule has 0 spiro atoms. The number of hydrogen-bond donors (Lipinski definition) is 1. The first-order valence-electron chi connectivity index (χ1n) is 9.47. The van der Waals surface area contributed by atoms with Crippen LogP contribution in [0, 0.1) is 13.8 Å². The molecule has 0 fully saturated rings. The van der Waals surface area contributed by atoms with E-state index in [1.165, 1.54) is 6.08 Å². The number of aliphatic carboxylic acids is 1. The number of benzene rings is 2. The van der Waals surface area contributed by atoms with Gasteiger partial charge in [0.15, 0.2) is 9.84 Å². The van der Waals surface area contributed by atoms with Crippen molar-refractivity contribution < 1.29 is 18.3 Å². The van der Waals surface area contributed by atoms with E-state index in [4.69, 9.17) is 0 Å². The molecule has 152 valence electrons. The smallest absolute Gasteiger partial charge is 0.323 e. The van der Waals surface area contributed by atoms with E-state index in [0.29, 0.717) is 28.6 Å². The van der Waals surface area contributed by atoms with Crippen molar-refractivity contribution in [1.82, 2.24) is 4.57 Å². The van der Waals surface area contributed by atoms with Crippen molar-refractivity contribution in [3.8, 4) is 0 Å². The van der Waals surface area contributed by atoms with Crippen molar-refractivity contribution in [2.24, 2.45) is 0 Å². The van der Waals surface area contributed by atoms with Crippen LogP contribution in [0.4, 0.5) is 0 Å². The molecule has 5 nitrogen and oxygen atoms in total. The second-order valence-electron chi connectivity index (χ2n) is 7.17. The fraction of sp³-hybridized carbons (Fsp3) is 0.261. The highest BCUT2D eigenvalue weighted by Gasteiger charge is 2.33. The van der Waals surface area contributed by atoms with Gasteiger partial charge < -0.3 is 9.67 Å². The Kier molecular flexibility index (Phi) is 5.66. The van der Waals surface area contributed by atoms with Gasteiger partial charge in [-0.1, -0.05) is 48.9 Å². The molecule has 6 heteroatoms. The van der Waals surface area contributed by atoms with Crippen LogP contribution in [0.1, 0.15) is 34.6 Å². The van der Waals surface area contributed by atoms with Crippen molar-refractivity contribution in [3.05, 3.63) is 77.5 Å². The van der Waals surface area contributed by atoms with Crippen molar-refractivity contribution in [2.45, 2.75) is 43.9 Å². The number of fused-ring (bicyclic) bond motifs is 1. The lowest BCUT2D eigenvalue weighted by Gasteiger charge is -2.18. The number of sulfone groups is 1. The van der Waals surface area contributed by atoms with Gasteiger partial charge in [0, 0.05) is 11.1 Å². The van der Waals surface area contributed by atoms with Crippen molar-refractivity contribution in [2.75, 3.05) is 0 Å². The Labute approximate surface area is 171 Å². The summed E-state index contributed by atoms with van der Waals surface area (Å²) in [6.07, 6.45) is 2.16. The van der Waals surface area contributed by atoms with Crippen LogP contribution >= 0.6 is 0 Å². The third kappa shape index (κ3) is 3.60. The minimum atomic E-state index is -3.86. The lowest BCUT2D eigenvalue weighted by Crippen LogP contribution is -2.15. The van der Waals surface area contributed by atoms with Crippen LogP contribution in [0.15, 0.2) is 60.0 Å². The maximum absolute atomic E-state index is 13.8. The zero-order valence-electron chi connectivity index (χ0n) is 16.8. The summed E-state index contributed by atoms with van der Waals surface area (Å²) in [6, 6.07) is 12.9. The van der Waals surface area contributed by atoms with Gasteiger partial charge in [-0.3, -0.25) is 4.79 Å². The van der Waals surface area contributed by atoms with Gasteiger partial charge in [0.25, 0.3) is 0 Å². The third-order valence-electron chi connectivity index (χ3n) is 5.29. The SMILES string of the molecule is C=CC(c1ccccc1CC)S(=O)(=O)c1c(C)n(CC(=O)O)c2ccc(C)cc12. The number of carboxylic acid groups (broad SMARTS) is 1. The molecular formula is C23H25NO4S. The van der Waals surface area contributed by atoms with Crippen LogP contribution in [0.25, 0.3) is 10.9 Å². The number of hydrogen-bond acceptors (Lipinski definition) is 3. The zero-order valence-corrected chi connectivity index (χ0v) is 17.7. The Morgan fingerprint density at radius 2 is 1.90 bits per heavy atom. The second kappa shape index (κ2) is 7.87. The van der Waals surface area contributed by atoms with E-state index in [2.05, 4.69) is 6.58 Å². The number of aromatic nitrogens is 1. The summed E-state index contributed by atoms with van der Waals surface area (Å²) in [5.74, 6) is -1.02. The Balaban J connectivity index is 2.33. The van der Waals surface area contributed by atoms with Gasteiger partial charge in [-0.25, -0.2) is 8.42 Å². The number of rotatable bonds is 7. The highest BCUT2D eigenvalue weighted by Crippen LogP contribution is 2.39. The van der Waals surface area contributed by atoms with Crippen molar-refractivity contribution in [3.63, 3.8) is 0 Å². The normalized spacial score (nSPS) is 12.8. The predicted molar refractivity (Wildman–Crippen MR) is 115 cm³/mol. The molecule has 1 heterocycles. The Morgan fingerprint density at radius 3 is 2.52 bits per heavy atom. The maximum atomic E-state index is 13.8. The van der Waals surface area contributed by atoms with Crippen molar-refractivity contribution >= 4 is 26.7 Å². The second-order valence-corrected chi connectivity index (χ2v) is 9.17. The van der Waals surface area contributed by atoms with Crippen LogP contribution in [0.2, 0.25) is 0 Å². The molecule has 29 heavy (non-hydrogen) atoms. The molecule has 2 aromatic carbocycles. The lowest BCUT2D eigenvalue weighted by atomic mass is 10.0. The molecule has 0 radical (unpaired) electrons. The van der Waals surface area contributed by atoms with Crippen LogP contribution < -0.4 is 0 Å². The summed E-state index contributed by atoms with van der Waals surface area (Å²) < 4.78 is 29.2. The minimum absolute atomic E-state index is 0.174. The van der Waals surface area contributed by atoms with Gasteiger partial charge in [-0.15, -0.1) is 6.58 Å². The highest BCUT2D eigenvalue weighted by molar-refractivity contribution is 7.92. The topological polar surface area (TPSA) is 76.4 Å². The molecule has 0 aliphatic carbocycles. The monoisotopic (exact) mass is 411 g/mol. The molecule has 0 amide bonds. The molecule has 0 saturated carbocycles. The zero-order chi connectivity index (χ0) is 21.3. The fourth-order valence-electron chi connectivity index (χ4n) is 3.94. The van der Waals surface area contributed by atoms with Gasteiger partial charge in [-0.05, 0) is 43.5 Å². The molecule has 1 N–H and O–H groups in total. The van der Waals surface area contributed by atoms with E-state index in [1.54, 1.807) is 23.6 Å². The van der Waals surface area contributed by atoms with Crippen molar-refractivity contribution in [1.29, 1.82) is 0 Å². The summed E-state index contributed by atoms with van der Waals surface area (Å²) in [7, 11) is -3.86. The van der Waals surface area contributed by atoms with E-state index < -0.39 is 21.1 Å². The van der Waals surface area contributed by atoms with Gasteiger partial charge >= 0.3 is 5.97 Å². The molecular weight excluding hydrogens is 386 g/mol. The quantitative estimate of drug-likeness (QED) is 0.576. The average molecular weight is 412 g/mol. The van der Waals surface area contributed by atoms with Crippen LogP contribution in [0.5, 0.6) is 0 Å². The predicted octanol–water partition coefficient (Wildman–Crippen LogP) is 4.61. The molecule has 1 unspecified atom stereocenters. The summed E-state index contributed by atoms with van der Waals surface area (Å²) in [6.45, 7) is 9.04. The minimum Gasteiger partial charge on any atom is -0.480 e. The lowest BCUT2D eigenvalue weighted by molar-refractivity contribution is -0.137. The molecule has 0 aliphatic heterocycles. The highest BCUT2D eigenvalue weighted by atomic mass is 32.2. The van der Waals surface area contributed by atoms with Gasteiger partial charge in [-0.2, -0.15) is 0 Å². The molecule has 1 aromatic heterocycles. The van der Waals surface area contributed by atoms with E-state index in [0.717, 1.165) is 11.1 Å². The standard InChI is InChI=1S/C23H25NO4S/c1-5-17-9-7-8-10-18(17)21(6-2)29(27,28)23-16(4)24(14-22(25)26)20-12-11-15(3)13-19(20)23/h6-13,21H,2,5,14H2,1,3-4H3,(H,25,26). The van der Waals surface area contributed by atoms with Crippen LogP contribution in [-0.4, -0.2) is 24.1 Å². The first-order chi connectivity index (χ1) is 13.7. The first-order valence-corrected chi connectivity index (χ1v) is 11.0. The van der Waals surface area contributed by atoms with Gasteiger partial charge in [0.1, 0.15) is 11.8 Å². The Bertz CT molecular complexity index is 1210. The number of carbonyl (C=O) groups is 1. The fourth-order valence-corrected chi connectivity index (χ4v) is 6.01. The summed E-state index contributed by atoms with van der Waals surface area (Å²) in [5, 5.41) is 8.96. The molecule has 3 rings (SSSR count). The van der Waals surface area contributed by atoms with Gasteiger partial charge in [0.2, 0.25) is 0 Å². The maximum Gasteiger partial charge on any atom is 0.323 e. The van der Waals surface area contributed by atoms with E-state index in [1.807, 2.05) is 44.2 Å². The number of nitrogens with zero attached hydrogens (tertiary/aromatic N) is 1.